The number of carbonyl (C=O) groups is 1. The monoisotopic (exact) mass is 332 g/mol. The second-order valence-corrected chi connectivity index (χ2v) is 5.77. The van der Waals surface area contributed by atoms with Crippen molar-refractivity contribution in [3.8, 4) is 0 Å². The molecule has 2 aromatic rings. The molecule has 1 atom stereocenters. The highest BCUT2D eigenvalue weighted by Gasteiger charge is 2.29. The van der Waals surface area contributed by atoms with Crippen molar-refractivity contribution in [1.29, 1.82) is 0 Å². The highest BCUT2D eigenvalue weighted by Crippen LogP contribution is 2.19. The van der Waals surface area contributed by atoms with Crippen LogP contribution in [0.5, 0.6) is 0 Å². The first kappa shape index (κ1) is 16.2. The number of aromatic amines is 1. The molecule has 0 aliphatic carbocycles. The standard InChI is InChI=1S/C15H20N6O3/c1-9-17-11-7-21(6-10(11)14(22)18-9)15(23)19-12(8-24-3)13-4-5-16-20(13)2/h4-5,12H,6-8H2,1-3H3,(H,19,23)(H,17,18,22)/t12-/m1/s1. The second kappa shape index (κ2) is 6.44. The van der Waals surface area contributed by atoms with Gasteiger partial charge in [-0.25, -0.2) is 9.78 Å². The van der Waals surface area contributed by atoms with Crippen molar-refractivity contribution in [3.05, 3.63) is 45.4 Å². The van der Waals surface area contributed by atoms with Gasteiger partial charge in [0.2, 0.25) is 0 Å². The molecule has 1 aliphatic heterocycles. The molecule has 1 aliphatic rings. The van der Waals surface area contributed by atoms with Gasteiger partial charge in [-0.05, 0) is 13.0 Å². The van der Waals surface area contributed by atoms with Gasteiger partial charge in [-0.2, -0.15) is 5.10 Å². The summed E-state index contributed by atoms with van der Waals surface area (Å²) < 4.78 is 6.89. The van der Waals surface area contributed by atoms with Crippen LogP contribution in [-0.4, -0.2) is 44.4 Å². The highest BCUT2D eigenvalue weighted by atomic mass is 16.5. The lowest BCUT2D eigenvalue weighted by atomic mass is 10.2. The highest BCUT2D eigenvalue weighted by molar-refractivity contribution is 5.75. The minimum absolute atomic E-state index is 0.187. The minimum Gasteiger partial charge on any atom is -0.382 e. The average molecular weight is 332 g/mol. The van der Waals surface area contributed by atoms with Crippen LogP contribution in [0, 0.1) is 6.92 Å². The quantitative estimate of drug-likeness (QED) is 0.833. The maximum absolute atomic E-state index is 12.6. The third-order valence-electron chi connectivity index (χ3n) is 4.04. The molecule has 128 valence electrons. The predicted molar refractivity (Wildman–Crippen MR) is 85.2 cm³/mol. The van der Waals surface area contributed by atoms with Gasteiger partial charge >= 0.3 is 6.03 Å². The molecule has 0 radical (unpaired) electrons. The number of rotatable bonds is 4. The number of methoxy groups -OCH3 is 1. The Kier molecular flexibility index (Phi) is 4.34. The molecule has 9 nitrogen and oxygen atoms in total. The lowest BCUT2D eigenvalue weighted by molar-refractivity contribution is 0.152. The third kappa shape index (κ3) is 3.02. The summed E-state index contributed by atoms with van der Waals surface area (Å²) in [5.41, 5.74) is 1.84. The van der Waals surface area contributed by atoms with Crippen LogP contribution >= 0.6 is 0 Å². The van der Waals surface area contributed by atoms with E-state index in [-0.39, 0.29) is 24.2 Å². The van der Waals surface area contributed by atoms with Gasteiger partial charge in [0.15, 0.2) is 0 Å². The van der Waals surface area contributed by atoms with E-state index in [1.807, 2.05) is 13.1 Å². The number of fused-ring (bicyclic) bond motifs is 1. The molecular formula is C15H20N6O3. The number of nitrogens with zero attached hydrogens (tertiary/aromatic N) is 4. The number of hydrogen-bond donors (Lipinski definition) is 2. The molecule has 0 saturated carbocycles. The summed E-state index contributed by atoms with van der Waals surface area (Å²) >= 11 is 0. The van der Waals surface area contributed by atoms with E-state index in [1.165, 1.54) is 0 Å². The fourth-order valence-electron chi connectivity index (χ4n) is 2.87. The van der Waals surface area contributed by atoms with Crippen molar-refractivity contribution < 1.29 is 9.53 Å². The second-order valence-electron chi connectivity index (χ2n) is 5.77. The van der Waals surface area contributed by atoms with E-state index >= 15 is 0 Å². The first-order valence-electron chi connectivity index (χ1n) is 7.60. The van der Waals surface area contributed by atoms with Gasteiger partial charge in [-0.1, -0.05) is 0 Å². The van der Waals surface area contributed by atoms with E-state index in [0.29, 0.717) is 30.2 Å². The Labute approximate surface area is 138 Å². The summed E-state index contributed by atoms with van der Waals surface area (Å²) in [7, 11) is 3.38. The number of H-pyrrole nitrogens is 1. The topological polar surface area (TPSA) is 105 Å². The van der Waals surface area contributed by atoms with Gasteiger partial charge in [0.1, 0.15) is 5.82 Å². The van der Waals surface area contributed by atoms with Gasteiger partial charge in [-0.15, -0.1) is 0 Å². The SMILES string of the molecule is COC[C@@H](NC(=O)N1Cc2nc(C)[nH]c(=O)c2C1)c1ccnn1C. The number of hydrogen-bond acceptors (Lipinski definition) is 5. The van der Waals surface area contributed by atoms with Crippen LogP contribution in [0.15, 0.2) is 17.1 Å². The number of ether oxygens (including phenoxy) is 1. The zero-order valence-electron chi connectivity index (χ0n) is 13.9. The van der Waals surface area contributed by atoms with Crippen molar-refractivity contribution in [2.45, 2.75) is 26.1 Å². The van der Waals surface area contributed by atoms with Crippen LogP contribution in [0.2, 0.25) is 0 Å². The fourth-order valence-corrected chi connectivity index (χ4v) is 2.87. The van der Waals surface area contributed by atoms with Crippen LogP contribution in [-0.2, 0) is 24.9 Å². The van der Waals surface area contributed by atoms with Crippen molar-refractivity contribution in [2.24, 2.45) is 7.05 Å². The molecule has 24 heavy (non-hydrogen) atoms. The largest absolute Gasteiger partial charge is 0.382 e. The first-order chi connectivity index (χ1) is 11.5. The Morgan fingerprint density at radius 3 is 2.96 bits per heavy atom. The number of carbonyl (C=O) groups excluding carboxylic acids is 1. The number of aromatic nitrogens is 4. The molecule has 0 bridgehead atoms. The molecule has 0 saturated heterocycles. The fraction of sp³-hybridized carbons (Fsp3) is 0.467. The molecule has 0 unspecified atom stereocenters. The van der Waals surface area contributed by atoms with E-state index in [2.05, 4.69) is 20.4 Å². The van der Waals surface area contributed by atoms with Crippen LogP contribution in [0.1, 0.15) is 28.8 Å². The van der Waals surface area contributed by atoms with Gasteiger partial charge in [0, 0.05) is 20.4 Å². The van der Waals surface area contributed by atoms with Crippen LogP contribution in [0.25, 0.3) is 0 Å². The number of nitrogens with one attached hydrogen (secondary N) is 2. The Hall–Kier alpha value is -2.68. The Balaban J connectivity index is 1.74. The molecular weight excluding hydrogens is 312 g/mol. The zero-order chi connectivity index (χ0) is 17.3. The van der Waals surface area contributed by atoms with E-state index in [9.17, 15) is 9.59 Å². The first-order valence-corrected chi connectivity index (χ1v) is 7.60. The van der Waals surface area contributed by atoms with Gasteiger partial charge in [0.25, 0.3) is 5.56 Å². The lowest BCUT2D eigenvalue weighted by Crippen LogP contribution is -2.41. The number of aryl methyl sites for hydroxylation is 2. The average Bonchev–Trinajstić information content (AvgIpc) is 3.13. The molecule has 0 fully saturated rings. The van der Waals surface area contributed by atoms with Crippen LogP contribution < -0.4 is 10.9 Å². The van der Waals surface area contributed by atoms with E-state index < -0.39 is 0 Å². The summed E-state index contributed by atoms with van der Waals surface area (Å²) in [4.78, 5) is 33.1. The van der Waals surface area contributed by atoms with E-state index in [0.717, 1.165) is 5.69 Å². The maximum Gasteiger partial charge on any atom is 0.318 e. The molecule has 2 aromatic heterocycles. The van der Waals surface area contributed by atoms with Gasteiger partial charge in [0.05, 0.1) is 42.7 Å². The van der Waals surface area contributed by atoms with Crippen molar-refractivity contribution in [1.82, 2.24) is 30.0 Å². The van der Waals surface area contributed by atoms with Crippen LogP contribution in [0.3, 0.4) is 0 Å². The Bertz CT molecular complexity index is 812. The summed E-state index contributed by atoms with van der Waals surface area (Å²) in [6.07, 6.45) is 1.67. The molecule has 3 rings (SSSR count). The van der Waals surface area contributed by atoms with Crippen molar-refractivity contribution >= 4 is 6.03 Å². The molecule has 9 heteroatoms. The number of amides is 2. The summed E-state index contributed by atoms with van der Waals surface area (Å²) in [6, 6.07) is 1.23. The van der Waals surface area contributed by atoms with Crippen LogP contribution in [0.4, 0.5) is 4.79 Å². The normalized spacial score (nSPS) is 14.5. The molecule has 3 heterocycles. The zero-order valence-corrected chi connectivity index (χ0v) is 13.9. The van der Waals surface area contributed by atoms with E-state index in [4.69, 9.17) is 4.74 Å². The van der Waals surface area contributed by atoms with Crippen molar-refractivity contribution in [3.63, 3.8) is 0 Å². The maximum atomic E-state index is 12.6. The minimum atomic E-state index is -0.327. The third-order valence-corrected chi connectivity index (χ3v) is 4.04. The smallest absolute Gasteiger partial charge is 0.318 e. The van der Waals surface area contributed by atoms with E-state index in [1.54, 1.807) is 29.8 Å². The summed E-state index contributed by atoms with van der Waals surface area (Å²) in [6.45, 7) is 2.61. The summed E-state index contributed by atoms with van der Waals surface area (Å²) in [5, 5.41) is 7.05. The van der Waals surface area contributed by atoms with Gasteiger partial charge in [-0.3, -0.25) is 9.48 Å². The molecule has 2 N–H and O–H groups in total. The Morgan fingerprint density at radius 2 is 2.29 bits per heavy atom. The molecule has 2 amide bonds. The molecule has 0 spiro atoms. The predicted octanol–water partition coefficient (Wildman–Crippen LogP) is 0.225. The van der Waals surface area contributed by atoms with Crippen molar-refractivity contribution in [2.75, 3.05) is 13.7 Å². The lowest BCUT2D eigenvalue weighted by Gasteiger charge is -2.22. The number of urea groups is 1. The molecule has 0 aromatic carbocycles. The Morgan fingerprint density at radius 1 is 1.50 bits per heavy atom. The summed E-state index contributed by atoms with van der Waals surface area (Å²) in [5.74, 6) is 0.549. The van der Waals surface area contributed by atoms with Gasteiger partial charge < -0.3 is 19.9 Å².